The second-order valence-corrected chi connectivity index (χ2v) is 7.12. The molecule has 0 spiro atoms. The van der Waals surface area contributed by atoms with Crippen molar-refractivity contribution in [2.24, 2.45) is 4.99 Å². The van der Waals surface area contributed by atoms with Crippen molar-refractivity contribution in [1.82, 2.24) is 0 Å². The van der Waals surface area contributed by atoms with Crippen LogP contribution in [0.25, 0.3) is 11.1 Å². The molecule has 3 aromatic carbocycles. The first-order valence-electron chi connectivity index (χ1n) is 9.88. The number of nitrogens with zero attached hydrogens (tertiary/aromatic N) is 2. The van der Waals surface area contributed by atoms with E-state index in [1.165, 1.54) is 0 Å². The number of carbonyl (C=O) groups is 1. The number of fused-ring (bicyclic) bond motifs is 1. The van der Waals surface area contributed by atoms with E-state index in [1.54, 1.807) is 33.3 Å². The van der Waals surface area contributed by atoms with Crippen molar-refractivity contribution < 1.29 is 19.0 Å². The topological polar surface area (TPSA) is 60.4 Å². The normalized spacial score (nSPS) is 13.2. The zero-order valence-corrected chi connectivity index (χ0v) is 18.0. The molecular formula is C25H24N2O4. The lowest BCUT2D eigenvalue weighted by molar-refractivity contribution is -0.116. The maximum absolute atomic E-state index is 12.6. The smallest absolute Gasteiger partial charge is 0.248 e. The lowest BCUT2D eigenvalue weighted by atomic mass is 9.94. The van der Waals surface area contributed by atoms with E-state index < -0.39 is 0 Å². The maximum atomic E-state index is 12.6. The van der Waals surface area contributed by atoms with Crippen molar-refractivity contribution in [2.75, 3.05) is 39.8 Å². The molecule has 0 aliphatic carbocycles. The van der Waals surface area contributed by atoms with Crippen LogP contribution in [0, 0.1) is 0 Å². The first-order valence-corrected chi connectivity index (χ1v) is 9.88. The Balaban J connectivity index is 1.97. The highest BCUT2D eigenvalue weighted by Crippen LogP contribution is 2.41. The van der Waals surface area contributed by atoms with E-state index in [1.807, 2.05) is 60.7 Å². The second kappa shape index (κ2) is 8.52. The van der Waals surface area contributed by atoms with E-state index in [0.717, 1.165) is 45.2 Å². The Labute approximate surface area is 181 Å². The molecule has 4 rings (SSSR count). The van der Waals surface area contributed by atoms with Crippen molar-refractivity contribution in [3.8, 4) is 28.4 Å². The van der Waals surface area contributed by atoms with Gasteiger partial charge in [-0.05, 0) is 36.4 Å². The summed E-state index contributed by atoms with van der Waals surface area (Å²) in [5, 5.41) is 0. The predicted octanol–water partition coefficient (Wildman–Crippen LogP) is 4.19. The molecular weight excluding hydrogens is 392 g/mol. The van der Waals surface area contributed by atoms with Crippen LogP contribution in [-0.4, -0.2) is 46.5 Å². The van der Waals surface area contributed by atoms with Gasteiger partial charge in [-0.2, -0.15) is 0 Å². The van der Waals surface area contributed by atoms with Gasteiger partial charge >= 0.3 is 0 Å². The minimum Gasteiger partial charge on any atom is -0.497 e. The number of amides is 1. The lowest BCUT2D eigenvalue weighted by Crippen LogP contribution is -2.27. The van der Waals surface area contributed by atoms with Crippen molar-refractivity contribution in [3.05, 3.63) is 71.8 Å². The molecule has 1 aliphatic heterocycles. The van der Waals surface area contributed by atoms with E-state index in [4.69, 9.17) is 14.2 Å². The summed E-state index contributed by atoms with van der Waals surface area (Å²) in [5.41, 5.74) is 5.00. The fourth-order valence-corrected chi connectivity index (χ4v) is 3.75. The summed E-state index contributed by atoms with van der Waals surface area (Å²) < 4.78 is 16.6. The Kier molecular flexibility index (Phi) is 5.62. The summed E-state index contributed by atoms with van der Waals surface area (Å²) in [5.74, 6) is 2.06. The number of ether oxygens (including phenoxy) is 3. The van der Waals surface area contributed by atoms with Gasteiger partial charge < -0.3 is 19.1 Å². The molecule has 0 saturated carbocycles. The molecule has 0 aromatic heterocycles. The third kappa shape index (κ3) is 3.72. The first-order chi connectivity index (χ1) is 15.1. The molecule has 6 nitrogen and oxygen atoms in total. The van der Waals surface area contributed by atoms with Crippen LogP contribution in [-0.2, 0) is 4.79 Å². The number of benzene rings is 3. The molecule has 1 amide bonds. The monoisotopic (exact) mass is 416 g/mol. The fraction of sp³-hybridized carbons (Fsp3) is 0.200. The van der Waals surface area contributed by atoms with E-state index in [9.17, 15) is 4.79 Å². The van der Waals surface area contributed by atoms with E-state index in [2.05, 4.69) is 4.99 Å². The minimum absolute atomic E-state index is 0.0683. The molecule has 31 heavy (non-hydrogen) atoms. The van der Waals surface area contributed by atoms with E-state index in [-0.39, 0.29) is 12.5 Å². The Hall–Kier alpha value is -3.80. The van der Waals surface area contributed by atoms with Gasteiger partial charge in [-0.3, -0.25) is 9.79 Å². The average molecular weight is 416 g/mol. The molecule has 158 valence electrons. The van der Waals surface area contributed by atoms with Crippen LogP contribution in [0.3, 0.4) is 0 Å². The van der Waals surface area contributed by atoms with Crippen LogP contribution in [0.1, 0.15) is 11.1 Å². The van der Waals surface area contributed by atoms with Crippen LogP contribution in [0.2, 0.25) is 0 Å². The van der Waals surface area contributed by atoms with Gasteiger partial charge in [0.05, 0.1) is 32.7 Å². The SMILES string of the molecule is COc1ccc(C2=NCC(=O)N(C)c3cc(OC)c(-c4ccccc4OC)cc32)cc1. The molecule has 3 aromatic rings. The zero-order valence-electron chi connectivity index (χ0n) is 18.0. The van der Waals surface area contributed by atoms with Gasteiger partial charge in [-0.15, -0.1) is 0 Å². The zero-order chi connectivity index (χ0) is 22.0. The molecule has 0 N–H and O–H groups in total. The van der Waals surface area contributed by atoms with Gasteiger partial charge in [-0.1, -0.05) is 18.2 Å². The van der Waals surface area contributed by atoms with Gasteiger partial charge in [0.25, 0.3) is 0 Å². The van der Waals surface area contributed by atoms with Crippen molar-refractivity contribution in [1.29, 1.82) is 0 Å². The van der Waals surface area contributed by atoms with Crippen LogP contribution >= 0.6 is 0 Å². The summed E-state index contributed by atoms with van der Waals surface area (Å²) >= 11 is 0. The van der Waals surface area contributed by atoms with Crippen LogP contribution < -0.4 is 19.1 Å². The molecule has 0 unspecified atom stereocenters. The van der Waals surface area contributed by atoms with E-state index in [0.29, 0.717) is 5.75 Å². The van der Waals surface area contributed by atoms with Gasteiger partial charge in [0.15, 0.2) is 0 Å². The molecule has 1 heterocycles. The van der Waals surface area contributed by atoms with Crippen molar-refractivity contribution in [2.45, 2.75) is 0 Å². The van der Waals surface area contributed by atoms with Crippen molar-refractivity contribution in [3.63, 3.8) is 0 Å². The number of anilines is 1. The van der Waals surface area contributed by atoms with Crippen molar-refractivity contribution >= 4 is 17.3 Å². The van der Waals surface area contributed by atoms with Crippen LogP contribution in [0.15, 0.2) is 65.7 Å². The average Bonchev–Trinajstić information content (AvgIpc) is 2.94. The predicted molar refractivity (Wildman–Crippen MR) is 122 cm³/mol. The maximum Gasteiger partial charge on any atom is 0.248 e. The number of carbonyl (C=O) groups excluding carboxylic acids is 1. The lowest BCUT2D eigenvalue weighted by Gasteiger charge is -2.22. The summed E-state index contributed by atoms with van der Waals surface area (Å²) in [7, 11) is 6.66. The third-order valence-corrected chi connectivity index (χ3v) is 5.44. The summed E-state index contributed by atoms with van der Waals surface area (Å²) in [6.45, 7) is 0.0683. The Bertz CT molecular complexity index is 1150. The van der Waals surface area contributed by atoms with Crippen LogP contribution in [0.4, 0.5) is 5.69 Å². The largest absolute Gasteiger partial charge is 0.497 e. The number of methoxy groups -OCH3 is 3. The van der Waals surface area contributed by atoms with Gasteiger partial charge in [0.1, 0.15) is 23.8 Å². The molecule has 0 fully saturated rings. The molecule has 0 atom stereocenters. The highest BCUT2D eigenvalue weighted by atomic mass is 16.5. The Morgan fingerprint density at radius 2 is 1.52 bits per heavy atom. The fourth-order valence-electron chi connectivity index (χ4n) is 3.75. The molecule has 0 bridgehead atoms. The number of likely N-dealkylation sites (N-methyl/N-ethyl adjacent to an activating group) is 1. The van der Waals surface area contributed by atoms with Gasteiger partial charge in [-0.25, -0.2) is 0 Å². The minimum atomic E-state index is -0.0862. The summed E-state index contributed by atoms with van der Waals surface area (Å²) in [4.78, 5) is 18.9. The highest BCUT2D eigenvalue weighted by Gasteiger charge is 2.26. The van der Waals surface area contributed by atoms with Crippen LogP contribution in [0.5, 0.6) is 17.2 Å². The third-order valence-electron chi connectivity index (χ3n) is 5.44. The van der Waals surface area contributed by atoms with Gasteiger partial charge in [0, 0.05) is 35.4 Å². The number of hydrogen-bond donors (Lipinski definition) is 0. The molecule has 0 radical (unpaired) electrons. The summed E-state index contributed by atoms with van der Waals surface area (Å²) in [6.07, 6.45) is 0. The number of para-hydroxylation sites is 1. The number of hydrogen-bond acceptors (Lipinski definition) is 5. The molecule has 1 aliphatic rings. The standard InChI is InChI=1S/C25H24N2O4/c1-27-21-14-23(31-4)19(18-7-5-6-8-22(18)30-3)13-20(21)25(26-15-24(27)28)16-9-11-17(29-2)12-10-16/h5-14H,15H2,1-4H3. The quantitative estimate of drug-likeness (QED) is 0.626. The Morgan fingerprint density at radius 1 is 0.806 bits per heavy atom. The second-order valence-electron chi connectivity index (χ2n) is 7.12. The van der Waals surface area contributed by atoms with E-state index >= 15 is 0 Å². The molecule has 0 saturated heterocycles. The number of aliphatic imine (C=N–C) groups is 1. The number of rotatable bonds is 5. The number of benzodiazepines with no additional fused rings is 1. The van der Waals surface area contributed by atoms with Gasteiger partial charge in [0.2, 0.25) is 5.91 Å². The Morgan fingerprint density at radius 3 is 2.19 bits per heavy atom. The molecule has 6 heteroatoms. The summed E-state index contributed by atoms with van der Waals surface area (Å²) in [6, 6.07) is 19.4. The first kappa shape index (κ1) is 20.5. The highest BCUT2D eigenvalue weighted by molar-refractivity contribution is 6.20.